The molecule has 3 atom stereocenters. The van der Waals surface area contributed by atoms with Crippen molar-refractivity contribution >= 4 is 12.1 Å². The molecule has 0 aromatic carbocycles. The number of hydrogen-bond acceptors (Lipinski definition) is 6. The molecular weight excluding hydrogens is 308 g/mol. The van der Waals surface area contributed by atoms with Crippen molar-refractivity contribution in [2.75, 3.05) is 42.5 Å². The van der Waals surface area contributed by atoms with E-state index in [1.165, 1.54) is 57.2 Å². The highest BCUT2D eigenvalue weighted by molar-refractivity contribution is 5.86. The summed E-state index contributed by atoms with van der Waals surface area (Å²) < 4.78 is 16.8. The number of ether oxygens (including phenoxy) is 3. The summed E-state index contributed by atoms with van der Waals surface area (Å²) in [7, 11) is 8.64. The summed E-state index contributed by atoms with van der Waals surface area (Å²) in [6.07, 6.45) is -0.157. The van der Waals surface area contributed by atoms with E-state index in [1.807, 2.05) is 6.92 Å². The Morgan fingerprint density at radius 2 is 1.48 bits per heavy atom. The zero-order valence-electron chi connectivity index (χ0n) is 14.5. The minimum atomic E-state index is -1.62. The zero-order valence-corrected chi connectivity index (χ0v) is 14.5. The van der Waals surface area contributed by atoms with E-state index in [4.69, 9.17) is 19.0 Å². The molecule has 2 fully saturated rings. The first kappa shape index (κ1) is 17.7. The number of likely N-dealkylation sites (N-methyl/N-ethyl adjacent to an activating group) is 2. The number of methoxy groups -OCH3 is 3. The van der Waals surface area contributed by atoms with Crippen LogP contribution in [0, 0.1) is 0 Å². The highest BCUT2D eigenvalue weighted by Gasteiger charge is 2.82. The van der Waals surface area contributed by atoms with Crippen LogP contribution in [-0.2, 0) is 19.0 Å². The molecule has 0 N–H and O–H groups in total. The first-order valence-corrected chi connectivity index (χ1v) is 7.17. The number of rotatable bonds is 6. The van der Waals surface area contributed by atoms with Crippen molar-refractivity contribution in [3.05, 3.63) is 0 Å². The van der Waals surface area contributed by atoms with Crippen molar-refractivity contribution in [3.8, 4) is 0 Å². The van der Waals surface area contributed by atoms with E-state index in [0.29, 0.717) is 6.42 Å². The summed E-state index contributed by atoms with van der Waals surface area (Å²) in [5.74, 6) is -3.19. The number of amides is 4. The van der Waals surface area contributed by atoms with E-state index < -0.39 is 24.0 Å². The third-order valence-electron chi connectivity index (χ3n) is 4.55. The van der Waals surface area contributed by atoms with Crippen LogP contribution in [0.1, 0.15) is 13.3 Å². The van der Waals surface area contributed by atoms with E-state index >= 15 is 0 Å². The Morgan fingerprint density at radius 3 is 1.87 bits per heavy atom. The van der Waals surface area contributed by atoms with Gasteiger partial charge in [-0.1, -0.05) is 6.92 Å². The van der Waals surface area contributed by atoms with Crippen LogP contribution < -0.4 is 0 Å². The van der Waals surface area contributed by atoms with Crippen molar-refractivity contribution in [2.24, 2.45) is 0 Å². The quantitative estimate of drug-likeness (QED) is 0.694. The average molecular weight is 332 g/mol. The Bertz CT molecular complexity index is 501. The number of fused-ring (bicyclic) bond motifs is 1. The normalized spacial score (nSPS) is 32.1. The predicted octanol–water partition coefficient (Wildman–Crippen LogP) is 0.266. The number of hydroxylamine groups is 2. The molecule has 2 aliphatic rings. The Kier molecular flexibility index (Phi) is 4.46. The fraction of sp³-hybridized carbons (Fsp3) is 0.846. The van der Waals surface area contributed by atoms with E-state index in [2.05, 4.69) is 0 Å². The monoisotopic (exact) mass is 332 g/mol. The number of hydrogen-bond donors (Lipinski definition) is 0. The van der Waals surface area contributed by atoms with Crippen molar-refractivity contribution in [3.63, 3.8) is 0 Å². The van der Waals surface area contributed by atoms with Gasteiger partial charge >= 0.3 is 23.8 Å². The molecule has 0 radical (unpaired) electrons. The largest absolute Gasteiger partial charge is 0.361 e. The summed E-state index contributed by atoms with van der Waals surface area (Å²) in [5.41, 5.74) is 0. The van der Waals surface area contributed by atoms with E-state index in [0.717, 1.165) is 5.06 Å². The predicted molar refractivity (Wildman–Crippen MR) is 77.6 cm³/mol. The second kappa shape index (κ2) is 5.78. The molecule has 0 aromatic heterocycles. The van der Waals surface area contributed by atoms with E-state index in [9.17, 15) is 9.59 Å². The molecule has 0 aromatic rings. The van der Waals surface area contributed by atoms with Gasteiger partial charge in [-0.15, -0.1) is 5.06 Å². The second-order valence-electron chi connectivity index (χ2n) is 5.25. The summed E-state index contributed by atoms with van der Waals surface area (Å²) in [4.78, 5) is 34.7. The van der Waals surface area contributed by atoms with Gasteiger partial charge in [0.05, 0.1) is 7.11 Å². The maximum absolute atomic E-state index is 13.0. The second-order valence-corrected chi connectivity index (χ2v) is 5.25. The Balaban J connectivity index is 2.77. The van der Waals surface area contributed by atoms with Crippen molar-refractivity contribution in [2.45, 2.75) is 31.3 Å². The lowest BCUT2D eigenvalue weighted by molar-refractivity contribution is -0.368. The molecule has 0 bridgehead atoms. The van der Waals surface area contributed by atoms with Gasteiger partial charge in [0.2, 0.25) is 0 Å². The molecule has 10 heteroatoms. The molecular formula is C13H24N4O6. The Labute approximate surface area is 135 Å². The Morgan fingerprint density at radius 1 is 0.957 bits per heavy atom. The minimum Gasteiger partial charge on any atom is -0.361 e. The standard InChI is InChI=1S/C13H24N4O6/c1-8-9(20-4)16-11(19)17(23-7)13(22-6)12(16,21-5)14(2)10(18)15(13)3/h9H,8H2,1-7H3. The lowest BCUT2D eigenvalue weighted by Crippen LogP contribution is -2.70. The first-order chi connectivity index (χ1) is 10.8. The molecule has 4 amide bonds. The summed E-state index contributed by atoms with van der Waals surface area (Å²) in [6.45, 7) is 1.86. The molecule has 2 rings (SSSR count). The molecule has 2 heterocycles. The van der Waals surface area contributed by atoms with Crippen LogP contribution in [-0.4, -0.2) is 92.3 Å². The first-order valence-electron chi connectivity index (χ1n) is 7.17. The van der Waals surface area contributed by atoms with Crippen LogP contribution in [0.25, 0.3) is 0 Å². The average Bonchev–Trinajstić information content (AvgIpc) is 2.88. The van der Waals surface area contributed by atoms with Gasteiger partial charge in [0.25, 0.3) is 0 Å². The van der Waals surface area contributed by atoms with Crippen LogP contribution in [0.4, 0.5) is 9.59 Å². The van der Waals surface area contributed by atoms with Gasteiger partial charge < -0.3 is 14.2 Å². The van der Waals surface area contributed by atoms with Crippen LogP contribution in [0.3, 0.4) is 0 Å². The maximum Gasteiger partial charge on any atom is 0.354 e. The van der Waals surface area contributed by atoms with Gasteiger partial charge in [0.1, 0.15) is 6.23 Å². The smallest absolute Gasteiger partial charge is 0.354 e. The topological polar surface area (TPSA) is 84.0 Å². The summed E-state index contributed by atoms with van der Waals surface area (Å²) >= 11 is 0. The molecule has 0 saturated carbocycles. The molecule has 23 heavy (non-hydrogen) atoms. The molecule has 10 nitrogen and oxygen atoms in total. The van der Waals surface area contributed by atoms with Crippen LogP contribution >= 0.6 is 0 Å². The number of carbonyl (C=O) groups is 2. The summed E-state index contributed by atoms with van der Waals surface area (Å²) in [6, 6.07) is -0.921. The fourth-order valence-electron chi connectivity index (χ4n) is 3.56. The fourth-order valence-corrected chi connectivity index (χ4v) is 3.56. The lowest BCUT2D eigenvalue weighted by Gasteiger charge is -2.45. The van der Waals surface area contributed by atoms with E-state index in [-0.39, 0.29) is 6.03 Å². The maximum atomic E-state index is 13.0. The van der Waals surface area contributed by atoms with Crippen LogP contribution in [0.5, 0.6) is 0 Å². The van der Waals surface area contributed by atoms with Gasteiger partial charge in [0.15, 0.2) is 0 Å². The number of nitrogens with zero attached hydrogens (tertiary/aromatic N) is 4. The highest BCUT2D eigenvalue weighted by atomic mass is 16.8. The molecule has 0 aliphatic carbocycles. The summed E-state index contributed by atoms with van der Waals surface area (Å²) in [5, 5.41) is 0.986. The third kappa shape index (κ3) is 1.71. The van der Waals surface area contributed by atoms with Gasteiger partial charge in [0, 0.05) is 35.4 Å². The molecule has 2 saturated heterocycles. The molecule has 132 valence electrons. The van der Waals surface area contributed by atoms with Crippen molar-refractivity contribution in [1.82, 2.24) is 19.8 Å². The highest BCUT2D eigenvalue weighted by Crippen LogP contribution is 2.52. The van der Waals surface area contributed by atoms with Gasteiger partial charge in [-0.3, -0.25) is 14.6 Å². The molecule has 3 unspecified atom stereocenters. The zero-order chi connectivity index (χ0) is 17.6. The lowest BCUT2D eigenvalue weighted by atomic mass is 10.2. The van der Waals surface area contributed by atoms with E-state index in [1.54, 1.807) is 0 Å². The molecule has 2 aliphatic heterocycles. The SMILES string of the molecule is CCC(OC)N1C(=O)N(OC)C2(OC)N(C)C(=O)N(C)C12OC. The third-order valence-corrected chi connectivity index (χ3v) is 4.55. The number of carbonyl (C=O) groups excluding carboxylic acids is 2. The van der Waals surface area contributed by atoms with Crippen molar-refractivity contribution in [1.29, 1.82) is 0 Å². The van der Waals surface area contributed by atoms with Gasteiger partial charge in [-0.05, 0) is 6.42 Å². The van der Waals surface area contributed by atoms with Gasteiger partial charge in [-0.25, -0.2) is 14.5 Å². The van der Waals surface area contributed by atoms with Gasteiger partial charge in [-0.2, -0.15) is 0 Å². The minimum absolute atomic E-state index is 0.390. The Hall–Kier alpha value is -1.62. The van der Waals surface area contributed by atoms with Crippen LogP contribution in [0.2, 0.25) is 0 Å². The van der Waals surface area contributed by atoms with Crippen molar-refractivity contribution < 1.29 is 28.6 Å². The molecule has 0 spiro atoms. The van der Waals surface area contributed by atoms with Crippen LogP contribution in [0.15, 0.2) is 0 Å². The number of urea groups is 2.